The molecule has 0 aliphatic carbocycles. The highest BCUT2D eigenvalue weighted by molar-refractivity contribution is 5.29. The molecule has 1 aromatic carbocycles. The first kappa shape index (κ1) is 13.0. The molecule has 2 unspecified atom stereocenters. The monoisotopic (exact) mass is 223 g/mol. The molecule has 0 spiro atoms. The van der Waals surface area contributed by atoms with E-state index in [1.807, 2.05) is 12.1 Å². The van der Waals surface area contributed by atoms with Crippen molar-refractivity contribution in [2.75, 3.05) is 13.2 Å². The summed E-state index contributed by atoms with van der Waals surface area (Å²) in [6.07, 6.45) is 1.85. The first-order chi connectivity index (χ1) is 7.71. The Morgan fingerprint density at radius 1 is 1.38 bits per heavy atom. The maximum atomic E-state index is 9.43. The molecule has 0 aromatic heterocycles. The Balaban J connectivity index is 2.74. The van der Waals surface area contributed by atoms with Crippen LogP contribution in [-0.4, -0.2) is 23.4 Å². The Kier molecular flexibility index (Phi) is 5.29. The summed E-state index contributed by atoms with van der Waals surface area (Å²) in [6.45, 7) is 2.75. The van der Waals surface area contributed by atoms with Gasteiger partial charge in [-0.3, -0.25) is 0 Å². The van der Waals surface area contributed by atoms with E-state index < -0.39 is 0 Å². The third kappa shape index (κ3) is 3.51. The standard InChI is InChI=1S/C13H21NO2/c1-2-11(6-10(8-14)9-15)12-4-3-5-13(16)7-12/h3-5,7,10-11,15-16H,2,6,8-9,14H2,1H3. The molecule has 0 heterocycles. The van der Waals surface area contributed by atoms with Gasteiger partial charge in [0.25, 0.3) is 0 Å². The number of nitrogens with two attached hydrogens (primary N) is 1. The second kappa shape index (κ2) is 6.51. The summed E-state index contributed by atoms with van der Waals surface area (Å²) in [4.78, 5) is 0. The van der Waals surface area contributed by atoms with Gasteiger partial charge in [-0.05, 0) is 48.9 Å². The molecule has 3 heteroatoms. The fourth-order valence-corrected chi connectivity index (χ4v) is 1.96. The highest BCUT2D eigenvalue weighted by Crippen LogP contribution is 2.28. The number of aliphatic hydroxyl groups excluding tert-OH is 1. The van der Waals surface area contributed by atoms with Crippen molar-refractivity contribution in [3.63, 3.8) is 0 Å². The van der Waals surface area contributed by atoms with Gasteiger partial charge in [0.1, 0.15) is 5.75 Å². The van der Waals surface area contributed by atoms with Gasteiger partial charge in [-0.25, -0.2) is 0 Å². The average molecular weight is 223 g/mol. The van der Waals surface area contributed by atoms with Crippen LogP contribution in [0.25, 0.3) is 0 Å². The van der Waals surface area contributed by atoms with E-state index in [-0.39, 0.29) is 12.5 Å². The van der Waals surface area contributed by atoms with Gasteiger partial charge >= 0.3 is 0 Å². The van der Waals surface area contributed by atoms with E-state index in [0.717, 1.165) is 18.4 Å². The lowest BCUT2D eigenvalue weighted by Crippen LogP contribution is -2.20. The van der Waals surface area contributed by atoms with Crippen molar-refractivity contribution in [2.24, 2.45) is 11.7 Å². The summed E-state index contributed by atoms with van der Waals surface area (Å²) < 4.78 is 0. The summed E-state index contributed by atoms with van der Waals surface area (Å²) in [5.74, 6) is 0.796. The highest BCUT2D eigenvalue weighted by atomic mass is 16.3. The van der Waals surface area contributed by atoms with Crippen molar-refractivity contribution in [1.29, 1.82) is 0 Å². The van der Waals surface area contributed by atoms with Gasteiger partial charge in [0.15, 0.2) is 0 Å². The topological polar surface area (TPSA) is 66.5 Å². The summed E-state index contributed by atoms with van der Waals surface area (Å²) >= 11 is 0. The molecule has 1 rings (SSSR count). The lowest BCUT2D eigenvalue weighted by atomic mass is 9.87. The largest absolute Gasteiger partial charge is 0.508 e. The molecule has 2 atom stereocenters. The molecule has 0 radical (unpaired) electrons. The van der Waals surface area contributed by atoms with Gasteiger partial charge in [-0.2, -0.15) is 0 Å². The lowest BCUT2D eigenvalue weighted by Gasteiger charge is -2.20. The molecule has 3 nitrogen and oxygen atoms in total. The van der Waals surface area contributed by atoms with Gasteiger partial charge in [-0.1, -0.05) is 19.1 Å². The van der Waals surface area contributed by atoms with E-state index in [0.29, 0.717) is 18.2 Å². The second-order valence-electron chi connectivity index (χ2n) is 4.22. The van der Waals surface area contributed by atoms with Crippen LogP contribution in [0.15, 0.2) is 24.3 Å². The number of phenolic OH excluding ortho intramolecular Hbond substituents is 1. The van der Waals surface area contributed by atoms with Crippen LogP contribution in [-0.2, 0) is 0 Å². The van der Waals surface area contributed by atoms with E-state index >= 15 is 0 Å². The van der Waals surface area contributed by atoms with Crippen LogP contribution in [0.5, 0.6) is 5.75 Å². The van der Waals surface area contributed by atoms with Crippen molar-refractivity contribution in [3.05, 3.63) is 29.8 Å². The number of hydrogen-bond donors (Lipinski definition) is 3. The van der Waals surface area contributed by atoms with E-state index in [1.165, 1.54) is 0 Å². The number of rotatable bonds is 6. The maximum Gasteiger partial charge on any atom is 0.115 e. The van der Waals surface area contributed by atoms with E-state index in [4.69, 9.17) is 10.8 Å². The summed E-state index contributed by atoms with van der Waals surface area (Å²) in [5, 5.41) is 18.6. The third-order valence-electron chi connectivity index (χ3n) is 3.04. The zero-order chi connectivity index (χ0) is 12.0. The molecule has 0 aliphatic heterocycles. The Labute approximate surface area is 96.9 Å². The van der Waals surface area contributed by atoms with E-state index in [2.05, 4.69) is 6.92 Å². The highest BCUT2D eigenvalue weighted by Gasteiger charge is 2.15. The molecule has 4 N–H and O–H groups in total. The van der Waals surface area contributed by atoms with Gasteiger partial charge in [0.2, 0.25) is 0 Å². The molecule has 0 aliphatic rings. The Morgan fingerprint density at radius 2 is 2.12 bits per heavy atom. The van der Waals surface area contributed by atoms with Crippen LogP contribution < -0.4 is 5.73 Å². The van der Waals surface area contributed by atoms with Gasteiger partial charge in [-0.15, -0.1) is 0 Å². The third-order valence-corrected chi connectivity index (χ3v) is 3.04. The van der Waals surface area contributed by atoms with Crippen LogP contribution in [0, 0.1) is 5.92 Å². The molecule has 1 aromatic rings. The number of aliphatic hydroxyl groups is 1. The van der Waals surface area contributed by atoms with Crippen molar-refractivity contribution in [1.82, 2.24) is 0 Å². The Bertz CT molecular complexity index is 311. The van der Waals surface area contributed by atoms with E-state index in [9.17, 15) is 5.11 Å². The first-order valence-electron chi connectivity index (χ1n) is 5.81. The predicted octanol–water partition coefficient (Wildman–Crippen LogP) is 1.84. The van der Waals surface area contributed by atoms with Crippen LogP contribution in [0.3, 0.4) is 0 Å². The average Bonchev–Trinajstić information content (AvgIpc) is 2.31. The van der Waals surface area contributed by atoms with Crippen LogP contribution >= 0.6 is 0 Å². The van der Waals surface area contributed by atoms with Gasteiger partial charge < -0.3 is 15.9 Å². The summed E-state index contributed by atoms with van der Waals surface area (Å²) in [5.41, 5.74) is 6.70. The van der Waals surface area contributed by atoms with E-state index in [1.54, 1.807) is 12.1 Å². The van der Waals surface area contributed by atoms with Crippen molar-refractivity contribution < 1.29 is 10.2 Å². The zero-order valence-electron chi connectivity index (χ0n) is 9.76. The lowest BCUT2D eigenvalue weighted by molar-refractivity contribution is 0.214. The second-order valence-corrected chi connectivity index (χ2v) is 4.22. The minimum atomic E-state index is 0.131. The van der Waals surface area contributed by atoms with Crippen molar-refractivity contribution in [3.8, 4) is 5.75 Å². The number of benzene rings is 1. The fraction of sp³-hybridized carbons (Fsp3) is 0.538. The molecule has 16 heavy (non-hydrogen) atoms. The van der Waals surface area contributed by atoms with Crippen molar-refractivity contribution >= 4 is 0 Å². The Morgan fingerprint density at radius 3 is 2.62 bits per heavy atom. The van der Waals surface area contributed by atoms with Gasteiger partial charge in [0, 0.05) is 6.61 Å². The number of hydrogen-bond acceptors (Lipinski definition) is 3. The van der Waals surface area contributed by atoms with Crippen LogP contribution in [0.1, 0.15) is 31.2 Å². The minimum absolute atomic E-state index is 0.131. The molecule has 0 amide bonds. The molecule has 0 saturated carbocycles. The molecule has 90 valence electrons. The molecule has 0 fully saturated rings. The summed E-state index contributed by atoms with van der Waals surface area (Å²) in [6, 6.07) is 7.32. The Hall–Kier alpha value is -1.06. The quantitative estimate of drug-likeness (QED) is 0.689. The smallest absolute Gasteiger partial charge is 0.115 e. The van der Waals surface area contributed by atoms with Crippen LogP contribution in [0.4, 0.5) is 0 Å². The van der Waals surface area contributed by atoms with Gasteiger partial charge in [0.05, 0.1) is 0 Å². The number of phenols is 1. The predicted molar refractivity (Wildman–Crippen MR) is 65.4 cm³/mol. The van der Waals surface area contributed by atoms with Crippen molar-refractivity contribution in [2.45, 2.75) is 25.7 Å². The fourth-order valence-electron chi connectivity index (χ4n) is 1.96. The number of aromatic hydroxyl groups is 1. The normalized spacial score (nSPS) is 14.7. The first-order valence-corrected chi connectivity index (χ1v) is 5.81. The minimum Gasteiger partial charge on any atom is -0.508 e. The molecule has 0 saturated heterocycles. The maximum absolute atomic E-state index is 9.43. The zero-order valence-corrected chi connectivity index (χ0v) is 9.76. The molecular formula is C13H21NO2. The molecular weight excluding hydrogens is 202 g/mol. The molecule has 0 bridgehead atoms. The van der Waals surface area contributed by atoms with Crippen LogP contribution in [0.2, 0.25) is 0 Å². The SMILES string of the molecule is CCC(CC(CN)CO)c1cccc(O)c1. The summed E-state index contributed by atoms with van der Waals surface area (Å²) in [7, 11) is 0.